The Morgan fingerprint density at radius 1 is 1.05 bits per heavy atom. The molecule has 0 amide bonds. The molecular weight excluding hydrogens is 287 g/mol. The first kappa shape index (κ1) is 14.7. The molecule has 2 aromatic rings. The maximum absolute atomic E-state index is 13.4. The van der Waals surface area contributed by atoms with Gasteiger partial charge in [0.05, 0.1) is 10.5 Å². The van der Waals surface area contributed by atoms with Gasteiger partial charge in [-0.1, -0.05) is 6.07 Å². The third kappa shape index (κ3) is 3.25. The Hall–Kier alpha value is -2.70. The van der Waals surface area contributed by atoms with E-state index in [-0.39, 0.29) is 17.5 Å². The van der Waals surface area contributed by atoms with Gasteiger partial charge in [-0.2, -0.15) is 4.39 Å². The fraction of sp³-hybridized carbons (Fsp3) is 0.0714. The second-order valence-corrected chi connectivity index (χ2v) is 4.27. The van der Waals surface area contributed by atoms with Gasteiger partial charge < -0.3 is 0 Å². The van der Waals surface area contributed by atoms with E-state index >= 15 is 0 Å². The van der Waals surface area contributed by atoms with E-state index in [1.54, 1.807) is 0 Å². The van der Waals surface area contributed by atoms with E-state index in [2.05, 4.69) is 0 Å². The van der Waals surface area contributed by atoms with Crippen molar-refractivity contribution >= 4 is 11.5 Å². The van der Waals surface area contributed by atoms with Gasteiger partial charge in [-0.15, -0.1) is 0 Å². The van der Waals surface area contributed by atoms with Crippen molar-refractivity contribution in [2.24, 2.45) is 0 Å². The van der Waals surface area contributed by atoms with Gasteiger partial charge in [0.2, 0.25) is 5.82 Å². The standard InChI is InChI=1S/C14H8F3NO3/c15-9-2-3-10(12(17)7-9)14(19)6-8-1-4-11(16)13(5-8)18(20)21/h1-5,7H,6H2. The Labute approximate surface area is 117 Å². The molecule has 0 heterocycles. The van der Waals surface area contributed by atoms with Gasteiger partial charge in [-0.05, 0) is 23.8 Å². The average molecular weight is 295 g/mol. The Morgan fingerprint density at radius 3 is 2.38 bits per heavy atom. The average Bonchev–Trinajstić information content (AvgIpc) is 2.40. The monoisotopic (exact) mass is 295 g/mol. The van der Waals surface area contributed by atoms with Crippen LogP contribution in [0, 0.1) is 27.6 Å². The molecule has 0 N–H and O–H groups in total. The van der Waals surface area contributed by atoms with Gasteiger partial charge in [-0.3, -0.25) is 14.9 Å². The summed E-state index contributed by atoms with van der Waals surface area (Å²) in [7, 11) is 0. The van der Waals surface area contributed by atoms with Crippen LogP contribution in [-0.4, -0.2) is 10.7 Å². The quantitative estimate of drug-likeness (QED) is 0.493. The molecule has 0 saturated heterocycles. The van der Waals surface area contributed by atoms with Crippen LogP contribution in [0.15, 0.2) is 36.4 Å². The topological polar surface area (TPSA) is 60.2 Å². The van der Waals surface area contributed by atoms with Crippen LogP contribution in [0.25, 0.3) is 0 Å². The molecule has 2 rings (SSSR count). The van der Waals surface area contributed by atoms with E-state index in [1.807, 2.05) is 0 Å². The van der Waals surface area contributed by atoms with Crippen molar-refractivity contribution in [3.8, 4) is 0 Å². The molecule has 4 nitrogen and oxygen atoms in total. The van der Waals surface area contributed by atoms with E-state index in [1.165, 1.54) is 6.07 Å². The minimum Gasteiger partial charge on any atom is -0.294 e. The van der Waals surface area contributed by atoms with Crippen molar-refractivity contribution < 1.29 is 22.9 Å². The van der Waals surface area contributed by atoms with E-state index in [4.69, 9.17) is 0 Å². The lowest BCUT2D eigenvalue weighted by atomic mass is 10.0. The first-order valence-corrected chi connectivity index (χ1v) is 5.79. The zero-order chi connectivity index (χ0) is 15.6. The number of nitro groups is 1. The van der Waals surface area contributed by atoms with Gasteiger partial charge >= 0.3 is 5.69 Å². The van der Waals surface area contributed by atoms with Gasteiger partial charge in [0, 0.05) is 18.6 Å². The summed E-state index contributed by atoms with van der Waals surface area (Å²) in [6.07, 6.45) is -0.357. The number of hydrogen-bond acceptors (Lipinski definition) is 3. The van der Waals surface area contributed by atoms with E-state index in [9.17, 15) is 28.1 Å². The zero-order valence-electron chi connectivity index (χ0n) is 10.5. The maximum atomic E-state index is 13.4. The first-order chi connectivity index (χ1) is 9.88. The highest BCUT2D eigenvalue weighted by atomic mass is 19.1. The fourth-order valence-corrected chi connectivity index (χ4v) is 1.80. The maximum Gasteiger partial charge on any atom is 0.305 e. The van der Waals surface area contributed by atoms with Crippen molar-refractivity contribution in [2.45, 2.75) is 6.42 Å². The lowest BCUT2D eigenvalue weighted by Gasteiger charge is -2.04. The van der Waals surface area contributed by atoms with Crippen LogP contribution in [0.5, 0.6) is 0 Å². The molecule has 0 bridgehead atoms. The number of Topliss-reactive ketones (excluding diaryl/α,β-unsaturated/α-hetero) is 1. The summed E-state index contributed by atoms with van der Waals surface area (Å²) in [6.45, 7) is 0. The molecule has 0 aromatic heterocycles. The van der Waals surface area contributed by atoms with Crippen molar-refractivity contribution in [2.75, 3.05) is 0 Å². The molecular formula is C14H8F3NO3. The smallest absolute Gasteiger partial charge is 0.294 e. The summed E-state index contributed by atoms with van der Waals surface area (Å²) in [6, 6.07) is 5.47. The summed E-state index contributed by atoms with van der Waals surface area (Å²) >= 11 is 0. The van der Waals surface area contributed by atoms with Crippen molar-refractivity contribution in [3.63, 3.8) is 0 Å². The highest BCUT2D eigenvalue weighted by Gasteiger charge is 2.18. The molecule has 0 fully saturated rings. The summed E-state index contributed by atoms with van der Waals surface area (Å²) in [5.41, 5.74) is -0.930. The number of nitro benzene ring substituents is 1. The second kappa shape index (κ2) is 5.74. The van der Waals surface area contributed by atoms with Crippen LogP contribution in [0.4, 0.5) is 18.9 Å². The largest absolute Gasteiger partial charge is 0.305 e. The molecule has 0 atom stereocenters. The van der Waals surface area contributed by atoms with Crippen molar-refractivity contribution in [1.82, 2.24) is 0 Å². The lowest BCUT2D eigenvalue weighted by molar-refractivity contribution is -0.387. The van der Waals surface area contributed by atoms with E-state index in [0.717, 1.165) is 24.3 Å². The van der Waals surface area contributed by atoms with Crippen LogP contribution >= 0.6 is 0 Å². The minimum atomic E-state index is -1.02. The van der Waals surface area contributed by atoms with E-state index in [0.29, 0.717) is 6.07 Å². The molecule has 0 unspecified atom stereocenters. The van der Waals surface area contributed by atoms with Crippen molar-refractivity contribution in [1.29, 1.82) is 0 Å². The zero-order valence-corrected chi connectivity index (χ0v) is 10.5. The number of nitrogens with zero attached hydrogens (tertiary/aromatic N) is 1. The number of carbonyl (C=O) groups is 1. The molecule has 0 radical (unpaired) electrons. The Bertz CT molecular complexity index is 731. The SMILES string of the molecule is O=C(Cc1ccc(F)c([N+](=O)[O-])c1)c1ccc(F)cc1F. The second-order valence-electron chi connectivity index (χ2n) is 4.27. The number of hydrogen-bond donors (Lipinski definition) is 0. The molecule has 0 spiro atoms. The number of benzene rings is 2. The first-order valence-electron chi connectivity index (χ1n) is 5.79. The number of carbonyl (C=O) groups excluding carboxylic acids is 1. The Kier molecular flexibility index (Phi) is 4.02. The number of halogens is 3. The summed E-state index contributed by atoms with van der Waals surface area (Å²) in [5.74, 6) is -3.55. The van der Waals surface area contributed by atoms with Gasteiger partial charge in [0.1, 0.15) is 11.6 Å². The van der Waals surface area contributed by atoms with Crippen LogP contribution < -0.4 is 0 Å². The third-order valence-electron chi connectivity index (χ3n) is 2.80. The predicted octanol–water partition coefficient (Wildman–Crippen LogP) is 3.44. The Morgan fingerprint density at radius 2 is 1.76 bits per heavy atom. The molecule has 0 aliphatic rings. The summed E-state index contributed by atoms with van der Waals surface area (Å²) in [4.78, 5) is 21.6. The number of rotatable bonds is 4. The van der Waals surface area contributed by atoms with E-state index < -0.39 is 33.8 Å². The highest BCUT2D eigenvalue weighted by Crippen LogP contribution is 2.20. The fourth-order valence-electron chi connectivity index (χ4n) is 1.80. The van der Waals surface area contributed by atoms with Crippen LogP contribution in [0.2, 0.25) is 0 Å². The van der Waals surface area contributed by atoms with Crippen molar-refractivity contribution in [3.05, 3.63) is 75.1 Å². The highest BCUT2D eigenvalue weighted by molar-refractivity contribution is 5.97. The molecule has 0 aliphatic carbocycles. The third-order valence-corrected chi connectivity index (χ3v) is 2.80. The molecule has 7 heteroatoms. The summed E-state index contributed by atoms with van der Waals surface area (Å²) < 4.78 is 39.4. The lowest BCUT2D eigenvalue weighted by Crippen LogP contribution is -2.07. The normalized spacial score (nSPS) is 10.4. The van der Waals surface area contributed by atoms with Gasteiger partial charge in [0.15, 0.2) is 5.78 Å². The Balaban J connectivity index is 2.27. The van der Waals surface area contributed by atoms with Gasteiger partial charge in [0.25, 0.3) is 0 Å². The van der Waals surface area contributed by atoms with Crippen LogP contribution in [0.1, 0.15) is 15.9 Å². The number of ketones is 1. The summed E-state index contributed by atoms with van der Waals surface area (Å²) in [5, 5.41) is 10.6. The molecule has 108 valence electrons. The molecule has 0 aliphatic heterocycles. The predicted molar refractivity (Wildman–Crippen MR) is 67.4 cm³/mol. The minimum absolute atomic E-state index is 0.164. The van der Waals surface area contributed by atoms with Crippen LogP contribution in [-0.2, 0) is 6.42 Å². The molecule has 2 aromatic carbocycles. The molecule has 21 heavy (non-hydrogen) atoms. The van der Waals surface area contributed by atoms with Crippen LogP contribution in [0.3, 0.4) is 0 Å². The molecule has 0 saturated carbocycles. The van der Waals surface area contributed by atoms with Gasteiger partial charge in [-0.25, -0.2) is 8.78 Å².